The van der Waals surface area contributed by atoms with Gasteiger partial charge in [0.25, 0.3) is 5.91 Å². The van der Waals surface area contributed by atoms with E-state index >= 15 is 0 Å². The fourth-order valence-corrected chi connectivity index (χ4v) is 2.30. The number of carbonyl (C=O) groups excluding carboxylic acids is 1. The van der Waals surface area contributed by atoms with Crippen LogP contribution in [0.4, 0.5) is 0 Å². The van der Waals surface area contributed by atoms with Crippen LogP contribution in [0.1, 0.15) is 36.0 Å². The van der Waals surface area contributed by atoms with Crippen LogP contribution in [0.2, 0.25) is 0 Å². The van der Waals surface area contributed by atoms with Crippen LogP contribution in [-0.2, 0) is 0 Å². The van der Waals surface area contributed by atoms with E-state index in [1.807, 2.05) is 12.1 Å². The quantitative estimate of drug-likeness (QED) is 0.868. The van der Waals surface area contributed by atoms with Gasteiger partial charge in [-0.2, -0.15) is 0 Å². The van der Waals surface area contributed by atoms with Gasteiger partial charge in [-0.15, -0.1) is 0 Å². The molecule has 92 valence electrons. The smallest absolute Gasteiger partial charge is 0.251 e. The monoisotopic (exact) mass is 233 g/mol. The van der Waals surface area contributed by atoms with Crippen LogP contribution in [0, 0.1) is 5.92 Å². The Hall–Kier alpha value is -1.51. The first-order valence-electron chi connectivity index (χ1n) is 6.22. The first-order valence-corrected chi connectivity index (χ1v) is 6.22. The molecule has 17 heavy (non-hydrogen) atoms. The normalized spacial score (nSPS) is 15.8. The highest BCUT2D eigenvalue weighted by atomic mass is 16.5. The van der Waals surface area contributed by atoms with Crippen LogP contribution in [0.25, 0.3) is 0 Å². The molecule has 0 aliphatic heterocycles. The Kier molecular flexibility index (Phi) is 4.02. The average Bonchev–Trinajstić information content (AvgIpc) is 2.89. The van der Waals surface area contributed by atoms with E-state index < -0.39 is 0 Å². The van der Waals surface area contributed by atoms with Gasteiger partial charge in [0.1, 0.15) is 5.75 Å². The van der Waals surface area contributed by atoms with Crippen molar-refractivity contribution in [3.05, 3.63) is 29.8 Å². The summed E-state index contributed by atoms with van der Waals surface area (Å²) in [4.78, 5) is 11.8. The molecule has 1 aliphatic carbocycles. The molecule has 0 radical (unpaired) electrons. The second kappa shape index (κ2) is 5.71. The van der Waals surface area contributed by atoms with Crippen molar-refractivity contribution in [2.75, 3.05) is 13.7 Å². The number of amides is 1. The summed E-state index contributed by atoms with van der Waals surface area (Å²) in [7, 11) is 1.62. The molecule has 2 rings (SSSR count). The maximum Gasteiger partial charge on any atom is 0.251 e. The third-order valence-corrected chi connectivity index (χ3v) is 3.38. The van der Waals surface area contributed by atoms with Crippen molar-refractivity contribution >= 4 is 5.91 Å². The maximum absolute atomic E-state index is 11.8. The Morgan fingerprint density at radius 1 is 1.29 bits per heavy atom. The Morgan fingerprint density at radius 3 is 2.53 bits per heavy atom. The molecule has 1 amide bonds. The van der Waals surface area contributed by atoms with E-state index in [1.54, 1.807) is 19.2 Å². The summed E-state index contributed by atoms with van der Waals surface area (Å²) in [5, 5.41) is 3.00. The van der Waals surface area contributed by atoms with Gasteiger partial charge >= 0.3 is 0 Å². The Balaban J connectivity index is 1.85. The molecule has 3 nitrogen and oxygen atoms in total. The molecule has 0 unspecified atom stereocenters. The Labute approximate surface area is 102 Å². The van der Waals surface area contributed by atoms with Gasteiger partial charge in [0, 0.05) is 12.1 Å². The van der Waals surface area contributed by atoms with Crippen LogP contribution in [-0.4, -0.2) is 19.6 Å². The minimum absolute atomic E-state index is 0.0135. The lowest BCUT2D eigenvalue weighted by Gasteiger charge is -2.10. The van der Waals surface area contributed by atoms with Gasteiger partial charge in [0.15, 0.2) is 0 Å². The van der Waals surface area contributed by atoms with Crippen molar-refractivity contribution in [2.45, 2.75) is 25.7 Å². The highest BCUT2D eigenvalue weighted by molar-refractivity contribution is 5.94. The largest absolute Gasteiger partial charge is 0.497 e. The topological polar surface area (TPSA) is 38.3 Å². The molecule has 0 atom stereocenters. The van der Waals surface area contributed by atoms with Crippen LogP contribution in [0.5, 0.6) is 5.75 Å². The zero-order valence-electron chi connectivity index (χ0n) is 10.2. The molecular formula is C14H19NO2. The average molecular weight is 233 g/mol. The second-order valence-corrected chi connectivity index (χ2v) is 4.59. The zero-order chi connectivity index (χ0) is 12.1. The van der Waals surface area contributed by atoms with Crippen LogP contribution >= 0.6 is 0 Å². The van der Waals surface area contributed by atoms with Crippen molar-refractivity contribution in [2.24, 2.45) is 5.92 Å². The van der Waals surface area contributed by atoms with Gasteiger partial charge in [0.05, 0.1) is 7.11 Å². The molecule has 0 spiro atoms. The molecular weight excluding hydrogens is 214 g/mol. The second-order valence-electron chi connectivity index (χ2n) is 4.59. The van der Waals surface area contributed by atoms with Gasteiger partial charge in [-0.3, -0.25) is 4.79 Å². The first kappa shape index (κ1) is 12.0. The summed E-state index contributed by atoms with van der Waals surface area (Å²) in [5.41, 5.74) is 0.698. The third-order valence-electron chi connectivity index (χ3n) is 3.38. The Morgan fingerprint density at radius 2 is 1.94 bits per heavy atom. The van der Waals surface area contributed by atoms with E-state index in [4.69, 9.17) is 4.74 Å². The van der Waals surface area contributed by atoms with Gasteiger partial charge in [-0.25, -0.2) is 0 Å². The van der Waals surface area contributed by atoms with Gasteiger partial charge < -0.3 is 10.1 Å². The molecule has 0 heterocycles. The fourth-order valence-electron chi connectivity index (χ4n) is 2.30. The number of ether oxygens (including phenoxy) is 1. The van der Waals surface area contributed by atoms with Gasteiger partial charge in [0.2, 0.25) is 0 Å². The minimum atomic E-state index is 0.0135. The van der Waals surface area contributed by atoms with Crippen molar-refractivity contribution < 1.29 is 9.53 Å². The highest BCUT2D eigenvalue weighted by Crippen LogP contribution is 2.23. The summed E-state index contributed by atoms with van der Waals surface area (Å²) < 4.78 is 5.06. The van der Waals surface area contributed by atoms with E-state index in [-0.39, 0.29) is 5.91 Å². The molecule has 1 aromatic carbocycles. The van der Waals surface area contributed by atoms with Crippen LogP contribution in [0.15, 0.2) is 24.3 Å². The summed E-state index contributed by atoms with van der Waals surface area (Å²) in [6.07, 6.45) is 5.12. The molecule has 1 fully saturated rings. The van der Waals surface area contributed by atoms with Gasteiger partial charge in [-0.1, -0.05) is 12.8 Å². The molecule has 1 N–H and O–H groups in total. The fraction of sp³-hybridized carbons (Fsp3) is 0.500. The SMILES string of the molecule is COc1ccc(C(=O)NCC2CCCC2)cc1. The third kappa shape index (κ3) is 3.22. The number of hydrogen-bond acceptors (Lipinski definition) is 2. The van der Waals surface area contributed by atoms with Crippen molar-refractivity contribution in [3.8, 4) is 5.75 Å². The number of nitrogens with one attached hydrogen (secondary N) is 1. The zero-order valence-corrected chi connectivity index (χ0v) is 10.2. The summed E-state index contributed by atoms with van der Waals surface area (Å²) in [5.74, 6) is 1.47. The summed E-state index contributed by atoms with van der Waals surface area (Å²) in [6, 6.07) is 7.21. The van der Waals surface area contributed by atoms with E-state index in [0.29, 0.717) is 11.5 Å². The van der Waals surface area contributed by atoms with Crippen LogP contribution < -0.4 is 10.1 Å². The molecule has 0 saturated heterocycles. The predicted molar refractivity (Wildman–Crippen MR) is 67.3 cm³/mol. The standard InChI is InChI=1S/C14H19NO2/c1-17-13-8-6-12(7-9-13)14(16)15-10-11-4-2-3-5-11/h6-9,11H,2-5,10H2,1H3,(H,15,16). The van der Waals surface area contributed by atoms with Crippen molar-refractivity contribution in [3.63, 3.8) is 0 Å². The van der Waals surface area contributed by atoms with E-state index in [2.05, 4.69) is 5.32 Å². The molecule has 0 bridgehead atoms. The molecule has 1 saturated carbocycles. The first-order chi connectivity index (χ1) is 8.29. The maximum atomic E-state index is 11.8. The number of carbonyl (C=O) groups is 1. The molecule has 3 heteroatoms. The van der Waals surface area contributed by atoms with E-state index in [1.165, 1.54) is 25.7 Å². The predicted octanol–water partition coefficient (Wildman–Crippen LogP) is 2.62. The van der Waals surface area contributed by atoms with Crippen LogP contribution in [0.3, 0.4) is 0 Å². The number of hydrogen-bond donors (Lipinski definition) is 1. The Bertz CT molecular complexity index is 366. The van der Waals surface area contributed by atoms with Crippen molar-refractivity contribution in [1.29, 1.82) is 0 Å². The highest BCUT2D eigenvalue weighted by Gasteiger charge is 2.16. The van der Waals surface area contributed by atoms with Crippen molar-refractivity contribution in [1.82, 2.24) is 5.32 Å². The minimum Gasteiger partial charge on any atom is -0.497 e. The van der Waals surface area contributed by atoms with E-state index in [0.717, 1.165) is 12.3 Å². The number of methoxy groups -OCH3 is 1. The number of rotatable bonds is 4. The molecule has 0 aromatic heterocycles. The van der Waals surface area contributed by atoms with E-state index in [9.17, 15) is 4.79 Å². The lowest BCUT2D eigenvalue weighted by molar-refractivity contribution is 0.0947. The van der Waals surface area contributed by atoms with Gasteiger partial charge in [-0.05, 0) is 43.0 Å². The molecule has 1 aliphatic rings. The lowest BCUT2D eigenvalue weighted by Crippen LogP contribution is -2.28. The summed E-state index contributed by atoms with van der Waals surface area (Å²) >= 11 is 0. The number of benzene rings is 1. The summed E-state index contributed by atoms with van der Waals surface area (Å²) in [6.45, 7) is 0.810. The molecule has 1 aromatic rings. The lowest BCUT2D eigenvalue weighted by atomic mass is 10.1.